The molecule has 3 rings (SSSR count). The van der Waals surface area contributed by atoms with E-state index in [-0.39, 0.29) is 18.3 Å². The molecule has 2 saturated heterocycles. The fraction of sp³-hybridized carbons (Fsp3) is 0.500. The average Bonchev–Trinajstić information content (AvgIpc) is 2.88. The third kappa shape index (κ3) is 2.91. The second-order valence-electron chi connectivity index (χ2n) is 5.25. The quantitative estimate of drug-likeness (QED) is 0.854. The summed E-state index contributed by atoms with van der Waals surface area (Å²) in [6, 6.07) is 5.80. The third-order valence-electron chi connectivity index (χ3n) is 4.12. The molecule has 1 aromatic rings. The van der Waals surface area contributed by atoms with Crippen LogP contribution in [0.3, 0.4) is 0 Å². The van der Waals surface area contributed by atoms with Gasteiger partial charge < -0.3 is 10.2 Å². The SMILES string of the molecule is Cl.O=C(c1cccc(Cl)c1Cl)N1CCC2NCCC2C1. The lowest BCUT2D eigenvalue weighted by Gasteiger charge is -2.35. The first-order valence-electron chi connectivity index (χ1n) is 6.63. The first-order valence-corrected chi connectivity index (χ1v) is 7.39. The Bertz CT molecular complexity index is 509. The maximum Gasteiger partial charge on any atom is 0.255 e. The van der Waals surface area contributed by atoms with Crippen molar-refractivity contribution in [2.45, 2.75) is 18.9 Å². The van der Waals surface area contributed by atoms with E-state index in [1.54, 1.807) is 18.2 Å². The first-order chi connectivity index (χ1) is 9.16. The van der Waals surface area contributed by atoms with Gasteiger partial charge in [-0.25, -0.2) is 0 Å². The fourth-order valence-corrected chi connectivity index (χ4v) is 3.45. The Labute approximate surface area is 135 Å². The van der Waals surface area contributed by atoms with Crippen molar-refractivity contribution in [1.29, 1.82) is 0 Å². The van der Waals surface area contributed by atoms with Crippen molar-refractivity contribution in [1.82, 2.24) is 10.2 Å². The maximum atomic E-state index is 12.5. The van der Waals surface area contributed by atoms with E-state index < -0.39 is 0 Å². The van der Waals surface area contributed by atoms with Crippen LogP contribution in [0, 0.1) is 5.92 Å². The summed E-state index contributed by atoms with van der Waals surface area (Å²) in [5.74, 6) is 0.577. The topological polar surface area (TPSA) is 32.3 Å². The van der Waals surface area contributed by atoms with E-state index in [1.807, 2.05) is 4.90 Å². The lowest BCUT2D eigenvalue weighted by atomic mass is 9.93. The minimum absolute atomic E-state index is 0. The molecule has 6 heteroatoms. The second kappa shape index (κ2) is 6.52. The number of carbonyl (C=O) groups excluding carboxylic acids is 1. The van der Waals surface area contributed by atoms with Crippen molar-refractivity contribution >= 4 is 41.5 Å². The summed E-state index contributed by atoms with van der Waals surface area (Å²) in [7, 11) is 0. The van der Waals surface area contributed by atoms with E-state index in [2.05, 4.69) is 5.32 Å². The van der Waals surface area contributed by atoms with Gasteiger partial charge in [-0.05, 0) is 37.4 Å². The molecule has 2 aliphatic rings. The molecule has 2 unspecified atom stereocenters. The molecule has 2 fully saturated rings. The van der Waals surface area contributed by atoms with Crippen LogP contribution < -0.4 is 5.32 Å². The zero-order valence-corrected chi connectivity index (χ0v) is 13.3. The molecule has 0 radical (unpaired) electrons. The van der Waals surface area contributed by atoms with Gasteiger partial charge in [-0.15, -0.1) is 12.4 Å². The molecule has 1 aromatic carbocycles. The van der Waals surface area contributed by atoms with Crippen LogP contribution in [-0.4, -0.2) is 36.5 Å². The van der Waals surface area contributed by atoms with Gasteiger partial charge in [0, 0.05) is 19.1 Å². The van der Waals surface area contributed by atoms with Gasteiger partial charge in [0.1, 0.15) is 0 Å². The van der Waals surface area contributed by atoms with E-state index >= 15 is 0 Å². The highest BCUT2D eigenvalue weighted by Crippen LogP contribution is 2.29. The summed E-state index contributed by atoms with van der Waals surface area (Å²) in [5.41, 5.74) is 0.513. The normalized spacial score (nSPS) is 25.0. The minimum atomic E-state index is -0.00199. The standard InChI is InChI=1S/C14H16Cl2N2O.ClH/c15-11-3-1-2-10(13(11)16)14(19)18-7-5-12-9(8-18)4-6-17-12;/h1-3,9,12,17H,4-8H2;1H. The van der Waals surface area contributed by atoms with Crippen LogP contribution in [0.15, 0.2) is 18.2 Å². The Hall–Kier alpha value is -0.480. The molecule has 0 bridgehead atoms. The van der Waals surface area contributed by atoms with E-state index in [1.165, 1.54) is 0 Å². The number of amides is 1. The Balaban J connectivity index is 0.00000147. The number of hydrogen-bond acceptors (Lipinski definition) is 2. The molecule has 2 heterocycles. The average molecular weight is 336 g/mol. The largest absolute Gasteiger partial charge is 0.338 e. The molecule has 110 valence electrons. The maximum absolute atomic E-state index is 12.5. The summed E-state index contributed by atoms with van der Waals surface area (Å²) < 4.78 is 0. The van der Waals surface area contributed by atoms with Gasteiger partial charge in [0.05, 0.1) is 15.6 Å². The second-order valence-corrected chi connectivity index (χ2v) is 6.04. The predicted octanol–water partition coefficient (Wildman–Crippen LogP) is 3.24. The van der Waals surface area contributed by atoms with Crippen LogP contribution in [-0.2, 0) is 0 Å². The molecular formula is C14H17Cl3N2O. The molecule has 3 nitrogen and oxygen atoms in total. The number of hydrogen-bond donors (Lipinski definition) is 1. The van der Waals surface area contributed by atoms with Crippen molar-refractivity contribution in [3.8, 4) is 0 Å². The smallest absolute Gasteiger partial charge is 0.255 e. The van der Waals surface area contributed by atoms with Crippen LogP contribution in [0.4, 0.5) is 0 Å². The van der Waals surface area contributed by atoms with Gasteiger partial charge in [0.25, 0.3) is 5.91 Å². The van der Waals surface area contributed by atoms with E-state index in [0.717, 1.165) is 32.5 Å². The molecule has 2 aliphatic heterocycles. The molecular weight excluding hydrogens is 319 g/mol. The van der Waals surface area contributed by atoms with Gasteiger partial charge in [0.15, 0.2) is 0 Å². The molecule has 0 aromatic heterocycles. The van der Waals surface area contributed by atoms with Gasteiger partial charge in [-0.3, -0.25) is 4.79 Å². The molecule has 0 saturated carbocycles. The summed E-state index contributed by atoms with van der Waals surface area (Å²) >= 11 is 12.1. The summed E-state index contributed by atoms with van der Waals surface area (Å²) in [4.78, 5) is 14.4. The highest BCUT2D eigenvalue weighted by molar-refractivity contribution is 6.43. The Kier molecular flexibility index (Phi) is 5.19. The predicted molar refractivity (Wildman–Crippen MR) is 84.1 cm³/mol. The molecule has 2 atom stereocenters. The fourth-order valence-electron chi connectivity index (χ4n) is 3.07. The van der Waals surface area contributed by atoms with Crippen LogP contribution >= 0.6 is 35.6 Å². The minimum Gasteiger partial charge on any atom is -0.338 e. The Morgan fingerprint density at radius 3 is 2.90 bits per heavy atom. The number of nitrogens with one attached hydrogen (secondary N) is 1. The monoisotopic (exact) mass is 334 g/mol. The van der Waals surface area contributed by atoms with E-state index in [4.69, 9.17) is 23.2 Å². The zero-order chi connectivity index (χ0) is 13.4. The lowest BCUT2D eigenvalue weighted by Crippen LogP contribution is -2.46. The molecule has 1 amide bonds. The number of piperidine rings is 1. The number of halogens is 3. The molecule has 20 heavy (non-hydrogen) atoms. The number of likely N-dealkylation sites (tertiary alicyclic amines) is 1. The number of benzene rings is 1. The van der Waals surface area contributed by atoms with Crippen LogP contribution in [0.25, 0.3) is 0 Å². The third-order valence-corrected chi connectivity index (χ3v) is 4.94. The zero-order valence-electron chi connectivity index (χ0n) is 10.9. The van der Waals surface area contributed by atoms with Crippen molar-refractivity contribution in [3.63, 3.8) is 0 Å². The van der Waals surface area contributed by atoms with Crippen molar-refractivity contribution in [2.75, 3.05) is 19.6 Å². The van der Waals surface area contributed by atoms with Crippen molar-refractivity contribution < 1.29 is 4.79 Å². The summed E-state index contributed by atoms with van der Waals surface area (Å²) in [5, 5.41) is 4.29. The van der Waals surface area contributed by atoms with Crippen molar-refractivity contribution in [3.05, 3.63) is 33.8 Å². The molecule has 0 aliphatic carbocycles. The summed E-state index contributed by atoms with van der Waals surface area (Å²) in [6.07, 6.45) is 2.17. The first kappa shape index (κ1) is 15.9. The number of carbonyl (C=O) groups is 1. The number of rotatable bonds is 1. The number of fused-ring (bicyclic) bond motifs is 1. The lowest BCUT2D eigenvalue weighted by molar-refractivity contribution is 0.0662. The van der Waals surface area contributed by atoms with E-state index in [0.29, 0.717) is 27.6 Å². The highest BCUT2D eigenvalue weighted by atomic mass is 35.5. The van der Waals surface area contributed by atoms with Crippen LogP contribution in [0.2, 0.25) is 10.0 Å². The Morgan fingerprint density at radius 1 is 1.30 bits per heavy atom. The van der Waals surface area contributed by atoms with Gasteiger partial charge in [-0.2, -0.15) is 0 Å². The number of nitrogens with zero attached hydrogens (tertiary/aromatic N) is 1. The molecule has 1 N–H and O–H groups in total. The van der Waals surface area contributed by atoms with Crippen molar-refractivity contribution in [2.24, 2.45) is 5.92 Å². The van der Waals surface area contributed by atoms with E-state index in [9.17, 15) is 4.79 Å². The summed E-state index contributed by atoms with van der Waals surface area (Å²) in [6.45, 7) is 2.67. The van der Waals surface area contributed by atoms with Gasteiger partial charge in [0.2, 0.25) is 0 Å². The highest BCUT2D eigenvalue weighted by Gasteiger charge is 2.34. The van der Waals surface area contributed by atoms with Crippen LogP contribution in [0.5, 0.6) is 0 Å². The van der Waals surface area contributed by atoms with Gasteiger partial charge in [-0.1, -0.05) is 29.3 Å². The van der Waals surface area contributed by atoms with Crippen LogP contribution in [0.1, 0.15) is 23.2 Å². The van der Waals surface area contributed by atoms with Gasteiger partial charge >= 0.3 is 0 Å². The molecule has 0 spiro atoms. The Morgan fingerprint density at radius 2 is 2.10 bits per heavy atom.